The lowest BCUT2D eigenvalue weighted by atomic mass is 10.0. The minimum Gasteiger partial charge on any atom is -0.368 e. The summed E-state index contributed by atoms with van der Waals surface area (Å²) in [5.41, 5.74) is 5.29. The molecule has 18 heavy (non-hydrogen) atoms. The Kier molecular flexibility index (Phi) is 4.58. The van der Waals surface area contributed by atoms with Gasteiger partial charge < -0.3 is 16.0 Å². The van der Waals surface area contributed by atoms with Crippen LogP contribution in [0.4, 0.5) is 0 Å². The van der Waals surface area contributed by atoms with Gasteiger partial charge in [-0.2, -0.15) is 0 Å². The van der Waals surface area contributed by atoms with Crippen LogP contribution in [0.5, 0.6) is 0 Å². The highest BCUT2D eigenvalue weighted by atomic mass is 16.2. The van der Waals surface area contributed by atoms with E-state index < -0.39 is 5.91 Å². The minimum atomic E-state index is -0.403. The van der Waals surface area contributed by atoms with Gasteiger partial charge in [-0.25, -0.2) is 0 Å². The van der Waals surface area contributed by atoms with E-state index in [1.165, 1.54) is 0 Å². The monoisotopic (exact) mass is 253 g/mol. The summed E-state index contributed by atoms with van der Waals surface area (Å²) in [6.07, 6.45) is 6.05. The van der Waals surface area contributed by atoms with Gasteiger partial charge in [0.25, 0.3) is 0 Å². The van der Waals surface area contributed by atoms with Crippen LogP contribution < -0.4 is 11.1 Å². The van der Waals surface area contributed by atoms with Gasteiger partial charge in [0.2, 0.25) is 11.8 Å². The van der Waals surface area contributed by atoms with Crippen LogP contribution in [0, 0.1) is 5.92 Å². The fraction of sp³-hybridized carbons (Fsp3) is 0.846. The molecule has 0 atom stereocenters. The Morgan fingerprint density at radius 2 is 1.72 bits per heavy atom. The van der Waals surface area contributed by atoms with Crippen LogP contribution in [0.1, 0.15) is 38.5 Å². The zero-order chi connectivity index (χ0) is 13.0. The number of rotatable bonds is 4. The van der Waals surface area contributed by atoms with E-state index in [0.717, 1.165) is 51.6 Å². The fourth-order valence-electron chi connectivity index (χ4n) is 3.08. The van der Waals surface area contributed by atoms with Gasteiger partial charge in [0, 0.05) is 12.0 Å². The Labute approximate surface area is 108 Å². The molecule has 0 radical (unpaired) electrons. The van der Waals surface area contributed by atoms with Gasteiger partial charge in [0.05, 0.1) is 6.54 Å². The summed E-state index contributed by atoms with van der Waals surface area (Å²) in [5, 5.41) is 3.28. The molecule has 0 aromatic carbocycles. The zero-order valence-corrected chi connectivity index (χ0v) is 10.9. The number of hydrogen-bond acceptors (Lipinski definition) is 3. The molecule has 0 bridgehead atoms. The van der Waals surface area contributed by atoms with Gasteiger partial charge in [-0.1, -0.05) is 12.8 Å². The number of amides is 2. The van der Waals surface area contributed by atoms with Crippen molar-refractivity contribution < 1.29 is 9.59 Å². The quantitative estimate of drug-likeness (QED) is 0.753. The highest BCUT2D eigenvalue weighted by Gasteiger charge is 2.32. The Morgan fingerprint density at radius 3 is 2.28 bits per heavy atom. The first-order valence-electron chi connectivity index (χ1n) is 6.98. The fourth-order valence-corrected chi connectivity index (χ4v) is 3.08. The number of hydrogen-bond donors (Lipinski definition) is 2. The Morgan fingerprint density at radius 1 is 1.11 bits per heavy atom. The molecule has 0 aromatic heterocycles. The third-order valence-electron chi connectivity index (χ3n) is 4.06. The predicted octanol–water partition coefficient (Wildman–Crippen LogP) is 0.242. The van der Waals surface area contributed by atoms with Crippen molar-refractivity contribution in [2.24, 2.45) is 11.7 Å². The lowest BCUT2D eigenvalue weighted by Crippen LogP contribution is -2.50. The maximum Gasteiger partial charge on any atom is 0.237 e. The molecule has 2 amide bonds. The van der Waals surface area contributed by atoms with Gasteiger partial charge in [-0.05, 0) is 38.8 Å². The first-order valence-corrected chi connectivity index (χ1v) is 6.98. The first kappa shape index (κ1) is 13.3. The second-order valence-electron chi connectivity index (χ2n) is 5.40. The average Bonchev–Trinajstić information content (AvgIpc) is 2.90. The molecular weight excluding hydrogens is 230 g/mol. The summed E-state index contributed by atoms with van der Waals surface area (Å²) < 4.78 is 0. The predicted molar refractivity (Wildman–Crippen MR) is 68.8 cm³/mol. The summed E-state index contributed by atoms with van der Waals surface area (Å²) in [4.78, 5) is 25.4. The molecule has 1 saturated heterocycles. The molecule has 102 valence electrons. The molecule has 3 N–H and O–H groups in total. The van der Waals surface area contributed by atoms with Crippen LogP contribution in [0.25, 0.3) is 0 Å². The standard InChI is InChI=1S/C13H23N3O2/c14-12(17)9-16(11-5-7-15-8-6-11)13(18)10-3-1-2-4-10/h10-11,15H,1-9H2,(H2,14,17). The van der Waals surface area contributed by atoms with Crippen molar-refractivity contribution in [2.45, 2.75) is 44.6 Å². The summed E-state index contributed by atoms with van der Waals surface area (Å²) in [6, 6.07) is 0.187. The van der Waals surface area contributed by atoms with Crippen molar-refractivity contribution >= 4 is 11.8 Å². The number of nitrogens with one attached hydrogen (secondary N) is 1. The van der Waals surface area contributed by atoms with Gasteiger partial charge in [-0.15, -0.1) is 0 Å². The molecule has 5 nitrogen and oxygen atoms in total. The maximum atomic E-state index is 12.5. The molecule has 1 aliphatic heterocycles. The number of piperidine rings is 1. The van der Waals surface area contributed by atoms with Crippen LogP contribution >= 0.6 is 0 Å². The van der Waals surface area contributed by atoms with Crippen molar-refractivity contribution in [1.29, 1.82) is 0 Å². The van der Waals surface area contributed by atoms with Crippen molar-refractivity contribution in [1.82, 2.24) is 10.2 Å². The Hall–Kier alpha value is -1.10. The second kappa shape index (κ2) is 6.18. The smallest absolute Gasteiger partial charge is 0.237 e. The van der Waals surface area contributed by atoms with Crippen LogP contribution in [-0.4, -0.2) is 42.4 Å². The maximum absolute atomic E-state index is 12.5. The highest BCUT2D eigenvalue weighted by molar-refractivity contribution is 5.85. The van der Waals surface area contributed by atoms with Gasteiger partial charge >= 0.3 is 0 Å². The minimum absolute atomic E-state index is 0.0833. The Bertz CT molecular complexity index is 307. The lowest BCUT2D eigenvalue weighted by molar-refractivity contribution is -0.141. The largest absolute Gasteiger partial charge is 0.368 e. The second-order valence-corrected chi connectivity index (χ2v) is 5.40. The van der Waals surface area contributed by atoms with Crippen LogP contribution in [0.2, 0.25) is 0 Å². The molecule has 5 heteroatoms. The number of nitrogens with two attached hydrogens (primary N) is 1. The van der Waals surface area contributed by atoms with E-state index in [0.29, 0.717) is 0 Å². The topological polar surface area (TPSA) is 75.4 Å². The summed E-state index contributed by atoms with van der Waals surface area (Å²) >= 11 is 0. The summed E-state index contributed by atoms with van der Waals surface area (Å²) in [7, 11) is 0. The molecule has 2 fully saturated rings. The third-order valence-corrected chi connectivity index (χ3v) is 4.06. The molecule has 2 aliphatic rings. The lowest BCUT2D eigenvalue weighted by Gasteiger charge is -2.35. The van der Waals surface area contributed by atoms with Crippen LogP contribution in [-0.2, 0) is 9.59 Å². The summed E-state index contributed by atoms with van der Waals surface area (Å²) in [6.45, 7) is 1.91. The van der Waals surface area contributed by atoms with Crippen LogP contribution in [0.3, 0.4) is 0 Å². The average molecular weight is 253 g/mol. The first-order chi connectivity index (χ1) is 8.68. The van der Waals surface area contributed by atoms with E-state index in [9.17, 15) is 9.59 Å². The molecule has 1 heterocycles. The molecule has 2 rings (SSSR count). The van der Waals surface area contributed by atoms with Crippen molar-refractivity contribution in [3.8, 4) is 0 Å². The molecule has 0 unspecified atom stereocenters. The Balaban J connectivity index is 2.02. The number of primary amides is 1. The van der Waals surface area contributed by atoms with E-state index in [1.807, 2.05) is 0 Å². The zero-order valence-electron chi connectivity index (χ0n) is 10.9. The molecular formula is C13H23N3O2. The van der Waals surface area contributed by atoms with Crippen molar-refractivity contribution in [3.63, 3.8) is 0 Å². The number of nitrogens with zero attached hydrogens (tertiary/aromatic N) is 1. The van der Waals surface area contributed by atoms with E-state index in [-0.39, 0.29) is 24.4 Å². The highest BCUT2D eigenvalue weighted by Crippen LogP contribution is 2.28. The van der Waals surface area contributed by atoms with E-state index in [1.54, 1.807) is 4.90 Å². The third kappa shape index (κ3) is 3.22. The number of carbonyl (C=O) groups excluding carboxylic acids is 2. The molecule has 1 saturated carbocycles. The van der Waals surface area contributed by atoms with Gasteiger partial charge in [-0.3, -0.25) is 9.59 Å². The summed E-state index contributed by atoms with van der Waals surface area (Å²) in [5.74, 6) is -0.127. The molecule has 1 aliphatic carbocycles. The van der Waals surface area contributed by atoms with Crippen molar-refractivity contribution in [3.05, 3.63) is 0 Å². The SMILES string of the molecule is NC(=O)CN(C(=O)C1CCCC1)C1CCNCC1. The van der Waals surface area contributed by atoms with Crippen molar-refractivity contribution in [2.75, 3.05) is 19.6 Å². The van der Waals surface area contributed by atoms with E-state index >= 15 is 0 Å². The molecule has 0 aromatic rings. The van der Waals surface area contributed by atoms with E-state index in [4.69, 9.17) is 5.73 Å². The normalized spacial score (nSPS) is 22.0. The van der Waals surface area contributed by atoms with Crippen LogP contribution in [0.15, 0.2) is 0 Å². The van der Waals surface area contributed by atoms with Gasteiger partial charge in [0.15, 0.2) is 0 Å². The van der Waals surface area contributed by atoms with E-state index in [2.05, 4.69) is 5.32 Å². The number of carbonyl (C=O) groups is 2. The molecule has 0 spiro atoms. The van der Waals surface area contributed by atoms with Gasteiger partial charge in [0.1, 0.15) is 0 Å².